The van der Waals surface area contributed by atoms with Crippen LogP contribution < -0.4 is 10.6 Å². The normalized spacial score (nSPS) is 11.2. The van der Waals surface area contributed by atoms with Crippen LogP contribution in [0, 0.1) is 0 Å². The first-order chi connectivity index (χ1) is 15.4. The molecule has 3 aromatic heterocycles. The van der Waals surface area contributed by atoms with Crippen molar-refractivity contribution >= 4 is 17.4 Å². The highest BCUT2D eigenvalue weighted by molar-refractivity contribution is 6.02. The van der Waals surface area contributed by atoms with E-state index < -0.39 is 11.9 Å². The number of alkyl halides is 3. The molecule has 32 heavy (non-hydrogen) atoms. The lowest BCUT2D eigenvalue weighted by Gasteiger charge is -2.12. The number of benzene rings is 1. The van der Waals surface area contributed by atoms with Crippen molar-refractivity contribution in [3.05, 3.63) is 90.3 Å². The standard InChI is InChI=1S/C22H16F3N5O2/c23-22(24,25)18-12-19(30-20(29-18)15-7-9-26-10-8-15)27-13-14-3-5-16(6-4-14)28-21(31)17-2-1-11-32-17/h1-12H,13H2,(H,28,31)(H,27,29,30). The third-order valence-corrected chi connectivity index (χ3v) is 4.39. The molecule has 0 unspecified atom stereocenters. The first kappa shape index (κ1) is 21.0. The van der Waals surface area contributed by atoms with Crippen LogP contribution >= 0.6 is 0 Å². The molecule has 1 aromatic carbocycles. The fraction of sp³-hybridized carbons (Fsp3) is 0.0909. The summed E-state index contributed by atoms with van der Waals surface area (Å²) in [7, 11) is 0. The molecule has 0 bridgehead atoms. The van der Waals surface area contributed by atoms with E-state index in [0.29, 0.717) is 11.3 Å². The lowest BCUT2D eigenvalue weighted by molar-refractivity contribution is -0.141. The minimum atomic E-state index is -4.62. The third-order valence-electron chi connectivity index (χ3n) is 4.39. The SMILES string of the molecule is O=C(Nc1ccc(CNc2cc(C(F)(F)F)nc(-c3ccncc3)n2)cc1)c1ccco1. The molecule has 7 nitrogen and oxygen atoms in total. The summed E-state index contributed by atoms with van der Waals surface area (Å²) in [5, 5.41) is 5.59. The van der Waals surface area contributed by atoms with Crippen LogP contribution in [0.4, 0.5) is 24.7 Å². The molecule has 10 heteroatoms. The highest BCUT2D eigenvalue weighted by Crippen LogP contribution is 2.30. The van der Waals surface area contributed by atoms with Crippen molar-refractivity contribution in [2.45, 2.75) is 12.7 Å². The molecule has 4 aromatic rings. The molecule has 0 fully saturated rings. The fourth-order valence-electron chi connectivity index (χ4n) is 2.81. The molecule has 0 saturated heterocycles. The number of hydrogen-bond donors (Lipinski definition) is 2. The lowest BCUT2D eigenvalue weighted by Crippen LogP contribution is -2.12. The van der Waals surface area contributed by atoms with Crippen LogP contribution in [0.1, 0.15) is 21.8 Å². The van der Waals surface area contributed by atoms with Crippen molar-refractivity contribution in [2.75, 3.05) is 10.6 Å². The van der Waals surface area contributed by atoms with E-state index in [2.05, 4.69) is 25.6 Å². The van der Waals surface area contributed by atoms with Crippen molar-refractivity contribution in [1.82, 2.24) is 15.0 Å². The van der Waals surface area contributed by atoms with Crippen LogP contribution in [-0.4, -0.2) is 20.9 Å². The summed E-state index contributed by atoms with van der Waals surface area (Å²) >= 11 is 0. The number of halogens is 3. The largest absolute Gasteiger partial charge is 0.459 e. The maximum Gasteiger partial charge on any atom is 0.433 e. The Kier molecular flexibility index (Phi) is 5.84. The van der Waals surface area contributed by atoms with E-state index in [1.54, 1.807) is 36.4 Å². The van der Waals surface area contributed by atoms with Gasteiger partial charge in [0.15, 0.2) is 17.3 Å². The van der Waals surface area contributed by atoms with Crippen LogP contribution in [0.15, 0.2) is 77.7 Å². The molecule has 2 N–H and O–H groups in total. The maximum atomic E-state index is 13.3. The van der Waals surface area contributed by atoms with Gasteiger partial charge in [-0.2, -0.15) is 13.2 Å². The number of carbonyl (C=O) groups is 1. The van der Waals surface area contributed by atoms with Crippen molar-refractivity contribution in [2.24, 2.45) is 0 Å². The number of carbonyl (C=O) groups excluding carboxylic acids is 1. The second kappa shape index (κ2) is 8.88. The van der Waals surface area contributed by atoms with Crippen LogP contribution in [-0.2, 0) is 12.7 Å². The number of furan rings is 1. The minimum Gasteiger partial charge on any atom is -0.459 e. The first-order valence-electron chi connectivity index (χ1n) is 9.43. The van der Waals surface area contributed by atoms with Crippen molar-refractivity contribution in [3.63, 3.8) is 0 Å². The number of pyridine rings is 1. The smallest absolute Gasteiger partial charge is 0.433 e. The zero-order valence-electron chi connectivity index (χ0n) is 16.4. The molecule has 0 radical (unpaired) electrons. The number of nitrogens with one attached hydrogen (secondary N) is 2. The van der Waals surface area contributed by atoms with E-state index in [4.69, 9.17) is 4.42 Å². The maximum absolute atomic E-state index is 13.3. The molecular formula is C22H16F3N5O2. The molecule has 0 saturated carbocycles. The second-order valence-corrected chi connectivity index (χ2v) is 6.68. The van der Waals surface area contributed by atoms with Crippen LogP contribution in [0.3, 0.4) is 0 Å². The molecule has 162 valence electrons. The molecule has 0 aliphatic rings. The van der Waals surface area contributed by atoms with E-state index >= 15 is 0 Å². The number of hydrogen-bond acceptors (Lipinski definition) is 6. The van der Waals surface area contributed by atoms with Gasteiger partial charge in [0.25, 0.3) is 5.91 Å². The van der Waals surface area contributed by atoms with Crippen molar-refractivity contribution in [3.8, 4) is 11.4 Å². The Morgan fingerprint density at radius 2 is 1.75 bits per heavy atom. The summed E-state index contributed by atoms with van der Waals surface area (Å²) in [6, 6.07) is 13.9. The van der Waals surface area contributed by atoms with Gasteiger partial charge >= 0.3 is 6.18 Å². The molecule has 0 aliphatic heterocycles. The van der Waals surface area contributed by atoms with Gasteiger partial charge in [-0.3, -0.25) is 9.78 Å². The van der Waals surface area contributed by atoms with E-state index in [1.807, 2.05) is 0 Å². The van der Waals surface area contributed by atoms with Gasteiger partial charge in [0, 0.05) is 36.3 Å². The van der Waals surface area contributed by atoms with Crippen LogP contribution in [0.25, 0.3) is 11.4 Å². The summed E-state index contributed by atoms with van der Waals surface area (Å²) < 4.78 is 45.0. The van der Waals surface area contributed by atoms with Crippen LogP contribution in [0.5, 0.6) is 0 Å². The average molecular weight is 439 g/mol. The predicted molar refractivity (Wildman–Crippen MR) is 111 cm³/mol. The third kappa shape index (κ3) is 5.09. The molecular weight excluding hydrogens is 423 g/mol. The molecule has 0 aliphatic carbocycles. The van der Waals surface area contributed by atoms with Crippen LogP contribution in [0.2, 0.25) is 0 Å². The van der Waals surface area contributed by atoms with Gasteiger partial charge < -0.3 is 15.1 Å². The average Bonchev–Trinajstić information content (AvgIpc) is 3.34. The first-order valence-corrected chi connectivity index (χ1v) is 9.43. The van der Waals surface area contributed by atoms with Gasteiger partial charge in [0.1, 0.15) is 5.82 Å². The van der Waals surface area contributed by atoms with E-state index in [0.717, 1.165) is 11.6 Å². The number of aromatic nitrogens is 3. The predicted octanol–water partition coefficient (Wildman–Crippen LogP) is 5.01. The molecule has 3 heterocycles. The van der Waals surface area contributed by atoms with E-state index in [9.17, 15) is 18.0 Å². The Balaban J connectivity index is 1.47. The van der Waals surface area contributed by atoms with Gasteiger partial charge in [-0.25, -0.2) is 9.97 Å². The Morgan fingerprint density at radius 1 is 1.00 bits per heavy atom. The van der Waals surface area contributed by atoms with Gasteiger partial charge in [0.05, 0.1) is 6.26 Å². The highest BCUT2D eigenvalue weighted by Gasteiger charge is 2.33. The number of amides is 1. The van der Waals surface area contributed by atoms with Crippen molar-refractivity contribution < 1.29 is 22.4 Å². The molecule has 4 rings (SSSR count). The highest BCUT2D eigenvalue weighted by atomic mass is 19.4. The molecule has 1 amide bonds. The topological polar surface area (TPSA) is 92.9 Å². The second-order valence-electron chi connectivity index (χ2n) is 6.68. The Bertz CT molecular complexity index is 1190. The summed E-state index contributed by atoms with van der Waals surface area (Å²) in [5.41, 5.74) is 0.707. The minimum absolute atomic E-state index is 0.0364. The van der Waals surface area contributed by atoms with E-state index in [-0.39, 0.29) is 29.9 Å². The van der Waals surface area contributed by atoms with Crippen molar-refractivity contribution in [1.29, 1.82) is 0 Å². The van der Waals surface area contributed by atoms with Gasteiger partial charge in [-0.15, -0.1) is 0 Å². The Hall–Kier alpha value is -4.21. The number of rotatable bonds is 6. The summed E-state index contributed by atoms with van der Waals surface area (Å²) in [4.78, 5) is 23.7. The number of nitrogens with zero attached hydrogens (tertiary/aromatic N) is 3. The lowest BCUT2D eigenvalue weighted by atomic mass is 10.2. The zero-order chi connectivity index (χ0) is 22.6. The number of anilines is 2. The molecule has 0 spiro atoms. The van der Waals surface area contributed by atoms with Gasteiger partial charge in [-0.05, 0) is 42.0 Å². The summed E-state index contributed by atoms with van der Waals surface area (Å²) in [6.07, 6.45) is -0.299. The molecule has 0 atom stereocenters. The summed E-state index contributed by atoms with van der Waals surface area (Å²) in [5.74, 6) is -0.217. The fourth-order valence-corrected chi connectivity index (χ4v) is 2.81. The monoisotopic (exact) mass is 439 g/mol. The van der Waals surface area contributed by atoms with E-state index in [1.165, 1.54) is 30.8 Å². The zero-order valence-corrected chi connectivity index (χ0v) is 16.4. The Morgan fingerprint density at radius 3 is 2.41 bits per heavy atom. The Labute approximate surface area is 180 Å². The summed E-state index contributed by atoms with van der Waals surface area (Å²) in [6.45, 7) is 0.219. The van der Waals surface area contributed by atoms with Gasteiger partial charge in [-0.1, -0.05) is 12.1 Å². The van der Waals surface area contributed by atoms with Gasteiger partial charge in [0.2, 0.25) is 0 Å². The quantitative estimate of drug-likeness (QED) is 0.439.